The smallest absolute Gasteiger partial charge is 0.343 e. The first-order valence-electron chi connectivity index (χ1n) is 7.56. The first-order chi connectivity index (χ1) is 11.7. The first-order valence-corrected chi connectivity index (χ1v) is 8.44. The van der Waals surface area contributed by atoms with Crippen molar-refractivity contribution in [3.05, 3.63) is 63.3 Å². The minimum absolute atomic E-state index is 0.0272. The lowest BCUT2D eigenvalue weighted by atomic mass is 10.2. The molecule has 0 saturated carbocycles. The molecular formula is C18H17NO4S. The number of fused-ring (bicyclic) bond motifs is 1. The number of hydrogen-bond donors (Lipinski definition) is 0. The van der Waals surface area contributed by atoms with E-state index in [1.165, 1.54) is 18.4 Å². The van der Waals surface area contributed by atoms with Gasteiger partial charge in [0.05, 0.1) is 30.5 Å². The highest BCUT2D eigenvalue weighted by Crippen LogP contribution is 2.30. The second kappa shape index (κ2) is 6.88. The molecule has 3 aromatic rings. The summed E-state index contributed by atoms with van der Waals surface area (Å²) in [6.07, 6.45) is 0. The van der Waals surface area contributed by atoms with Gasteiger partial charge in [-0.15, -0.1) is 11.3 Å². The number of aromatic nitrogens is 1. The third kappa shape index (κ3) is 2.80. The van der Waals surface area contributed by atoms with Gasteiger partial charge in [-0.2, -0.15) is 0 Å². The number of rotatable bonds is 5. The zero-order chi connectivity index (χ0) is 17.1. The van der Waals surface area contributed by atoms with Crippen molar-refractivity contribution in [1.29, 1.82) is 0 Å². The summed E-state index contributed by atoms with van der Waals surface area (Å²) >= 11 is 1.39. The molecule has 24 heavy (non-hydrogen) atoms. The van der Waals surface area contributed by atoms with Crippen LogP contribution in [0.4, 0.5) is 0 Å². The molecule has 0 N–H and O–H groups in total. The Morgan fingerprint density at radius 3 is 2.62 bits per heavy atom. The Bertz CT molecular complexity index is 927. The number of thiophene rings is 1. The molecule has 0 saturated heterocycles. The van der Waals surface area contributed by atoms with Gasteiger partial charge in [-0.05, 0) is 23.9 Å². The summed E-state index contributed by atoms with van der Waals surface area (Å²) in [5.41, 5.74) is 1.57. The highest BCUT2D eigenvalue weighted by atomic mass is 32.1. The van der Waals surface area contributed by atoms with Crippen molar-refractivity contribution in [2.24, 2.45) is 0 Å². The quantitative estimate of drug-likeness (QED) is 0.667. The average molecular weight is 343 g/mol. The van der Waals surface area contributed by atoms with Gasteiger partial charge in [0.2, 0.25) is 5.75 Å². The fraction of sp³-hybridized carbons (Fsp3) is 0.222. The number of pyridine rings is 1. The van der Waals surface area contributed by atoms with E-state index < -0.39 is 5.97 Å². The van der Waals surface area contributed by atoms with Crippen LogP contribution in [-0.4, -0.2) is 24.3 Å². The molecule has 2 heterocycles. The van der Waals surface area contributed by atoms with E-state index in [1.54, 1.807) is 11.5 Å². The Kier molecular flexibility index (Phi) is 4.66. The highest BCUT2D eigenvalue weighted by Gasteiger charge is 2.24. The van der Waals surface area contributed by atoms with Gasteiger partial charge in [0.1, 0.15) is 5.56 Å². The van der Waals surface area contributed by atoms with Crippen LogP contribution in [0.3, 0.4) is 0 Å². The van der Waals surface area contributed by atoms with Crippen LogP contribution in [0.25, 0.3) is 10.2 Å². The molecule has 0 amide bonds. The van der Waals surface area contributed by atoms with Crippen LogP contribution in [-0.2, 0) is 11.3 Å². The van der Waals surface area contributed by atoms with E-state index in [0.29, 0.717) is 16.8 Å². The molecule has 124 valence electrons. The van der Waals surface area contributed by atoms with Crippen LogP contribution in [0.1, 0.15) is 22.8 Å². The summed E-state index contributed by atoms with van der Waals surface area (Å²) in [6, 6.07) is 11.5. The van der Waals surface area contributed by atoms with Gasteiger partial charge in [0.15, 0.2) is 0 Å². The Morgan fingerprint density at radius 2 is 1.96 bits per heavy atom. The van der Waals surface area contributed by atoms with Gasteiger partial charge >= 0.3 is 5.97 Å². The van der Waals surface area contributed by atoms with Crippen molar-refractivity contribution in [3.63, 3.8) is 0 Å². The molecular weight excluding hydrogens is 326 g/mol. The van der Waals surface area contributed by atoms with Gasteiger partial charge in [0.25, 0.3) is 5.56 Å². The Balaban J connectivity index is 2.23. The number of carbonyl (C=O) groups excluding carboxylic acids is 1. The van der Waals surface area contributed by atoms with E-state index in [1.807, 2.05) is 41.8 Å². The first kappa shape index (κ1) is 16.3. The largest absolute Gasteiger partial charge is 0.490 e. The predicted molar refractivity (Wildman–Crippen MR) is 94.1 cm³/mol. The summed E-state index contributed by atoms with van der Waals surface area (Å²) in [6.45, 7) is 2.38. The number of esters is 1. The van der Waals surface area contributed by atoms with Crippen LogP contribution >= 0.6 is 11.3 Å². The highest BCUT2D eigenvalue weighted by molar-refractivity contribution is 7.17. The molecule has 0 aliphatic carbocycles. The van der Waals surface area contributed by atoms with Crippen LogP contribution in [0.2, 0.25) is 0 Å². The number of benzene rings is 1. The Morgan fingerprint density at radius 1 is 1.21 bits per heavy atom. The summed E-state index contributed by atoms with van der Waals surface area (Å²) < 4.78 is 12.7. The molecule has 2 aromatic heterocycles. The van der Waals surface area contributed by atoms with Crippen LogP contribution in [0.5, 0.6) is 5.75 Å². The molecule has 6 heteroatoms. The lowest BCUT2D eigenvalue weighted by Crippen LogP contribution is -2.25. The maximum absolute atomic E-state index is 12.9. The molecule has 0 aliphatic heterocycles. The van der Waals surface area contributed by atoms with E-state index in [0.717, 1.165) is 5.56 Å². The number of methoxy groups -OCH3 is 1. The molecule has 0 aliphatic rings. The van der Waals surface area contributed by atoms with Gasteiger partial charge in [-0.3, -0.25) is 9.36 Å². The fourth-order valence-electron chi connectivity index (χ4n) is 2.65. The van der Waals surface area contributed by atoms with E-state index in [-0.39, 0.29) is 23.5 Å². The molecule has 3 rings (SSSR count). The third-order valence-electron chi connectivity index (χ3n) is 3.70. The second-order valence-electron chi connectivity index (χ2n) is 5.14. The monoisotopic (exact) mass is 343 g/mol. The molecule has 0 bridgehead atoms. The van der Waals surface area contributed by atoms with Crippen molar-refractivity contribution in [3.8, 4) is 5.75 Å². The van der Waals surface area contributed by atoms with Gasteiger partial charge in [-0.1, -0.05) is 30.3 Å². The molecule has 1 aromatic carbocycles. The van der Waals surface area contributed by atoms with Crippen molar-refractivity contribution in [1.82, 2.24) is 4.57 Å². The van der Waals surface area contributed by atoms with Gasteiger partial charge in [-0.25, -0.2) is 4.79 Å². The third-order valence-corrected chi connectivity index (χ3v) is 4.62. The minimum atomic E-state index is -0.536. The molecule has 0 fully saturated rings. The zero-order valence-electron chi connectivity index (χ0n) is 13.4. The van der Waals surface area contributed by atoms with E-state index in [9.17, 15) is 9.59 Å². The summed E-state index contributed by atoms with van der Waals surface area (Å²) in [7, 11) is 1.39. The van der Waals surface area contributed by atoms with Crippen molar-refractivity contribution < 1.29 is 14.3 Å². The van der Waals surface area contributed by atoms with E-state index in [4.69, 9.17) is 9.47 Å². The van der Waals surface area contributed by atoms with Crippen LogP contribution in [0.15, 0.2) is 46.6 Å². The number of carbonyl (C=O) groups is 1. The molecule has 0 radical (unpaired) electrons. The van der Waals surface area contributed by atoms with E-state index in [2.05, 4.69) is 0 Å². The Labute approximate surface area is 143 Å². The summed E-state index contributed by atoms with van der Waals surface area (Å²) in [4.78, 5) is 25.2. The molecule has 0 unspecified atom stereocenters. The molecule has 0 spiro atoms. The molecule has 5 nitrogen and oxygen atoms in total. The van der Waals surface area contributed by atoms with Crippen LogP contribution < -0.4 is 10.3 Å². The number of ether oxygens (including phenoxy) is 2. The zero-order valence-corrected chi connectivity index (χ0v) is 14.3. The van der Waals surface area contributed by atoms with E-state index >= 15 is 0 Å². The van der Waals surface area contributed by atoms with Crippen molar-refractivity contribution >= 4 is 27.5 Å². The lowest BCUT2D eigenvalue weighted by molar-refractivity contribution is 0.0525. The predicted octanol–water partition coefficient (Wildman–Crippen LogP) is 3.30. The van der Waals surface area contributed by atoms with Crippen molar-refractivity contribution in [2.45, 2.75) is 13.5 Å². The topological polar surface area (TPSA) is 57.5 Å². The summed E-state index contributed by atoms with van der Waals surface area (Å²) in [5.74, 6) is -0.509. The lowest BCUT2D eigenvalue weighted by Gasteiger charge is -2.14. The normalized spacial score (nSPS) is 10.8. The summed E-state index contributed by atoms with van der Waals surface area (Å²) in [5, 5.41) is 1.85. The number of hydrogen-bond acceptors (Lipinski definition) is 5. The van der Waals surface area contributed by atoms with Crippen LogP contribution in [0, 0.1) is 0 Å². The SMILES string of the molecule is CCOC(=O)c1c(OC)c(=O)n(Cc2ccccc2)c2ccsc12. The maximum Gasteiger partial charge on any atom is 0.343 e. The van der Waals surface area contributed by atoms with Gasteiger partial charge in [0, 0.05) is 0 Å². The minimum Gasteiger partial charge on any atom is -0.490 e. The fourth-order valence-corrected chi connectivity index (χ4v) is 3.57. The van der Waals surface area contributed by atoms with Crippen molar-refractivity contribution in [2.75, 3.05) is 13.7 Å². The standard InChI is InChI=1S/C18H17NO4S/c1-3-23-18(21)14-15(22-2)17(20)19(13-9-10-24-16(13)14)11-12-7-5-4-6-8-12/h4-10H,3,11H2,1-2H3. The second-order valence-corrected chi connectivity index (χ2v) is 6.06. The molecule has 0 atom stereocenters. The maximum atomic E-state index is 12.9. The number of nitrogens with zero attached hydrogens (tertiary/aromatic N) is 1. The Hall–Kier alpha value is -2.60. The van der Waals surface area contributed by atoms with Gasteiger partial charge < -0.3 is 9.47 Å². The average Bonchev–Trinajstić information content (AvgIpc) is 3.07.